The molecule has 13 rings (SSSR count). The molecule has 4 saturated carbocycles. The number of carboxylic acids is 1. The highest BCUT2D eigenvalue weighted by Crippen LogP contribution is 2.66. The topological polar surface area (TPSA) is 249 Å². The number of aromatic nitrogens is 4. The number of carboxylic acid groups (broad SMARTS) is 1. The van der Waals surface area contributed by atoms with E-state index in [0.29, 0.717) is 142 Å². The number of pyridine rings is 1. The highest BCUT2D eigenvalue weighted by Gasteiger charge is 2.60. The minimum absolute atomic E-state index is 0.0644. The van der Waals surface area contributed by atoms with Crippen LogP contribution in [0.15, 0.2) is 91.3 Å². The Kier molecular flexibility index (Phi) is 15.2. The molecule has 1 saturated heterocycles. The van der Waals surface area contributed by atoms with Crippen LogP contribution in [0.25, 0.3) is 21.3 Å². The molecule has 0 spiro atoms. The van der Waals surface area contributed by atoms with Crippen LogP contribution in [0.5, 0.6) is 0 Å². The molecule has 21 heteroatoms. The van der Waals surface area contributed by atoms with Gasteiger partial charge < -0.3 is 40.2 Å². The Bertz CT molecular complexity index is 3490. The maximum Gasteiger partial charge on any atom is 0.355 e. The number of carbonyl (C=O) groups excluding carboxylic acids is 5. The number of hydrogen-bond acceptors (Lipinski definition) is 15. The number of nitrogens with zero attached hydrogens (tertiary/aromatic N) is 6. The van der Waals surface area contributed by atoms with Gasteiger partial charge >= 0.3 is 5.97 Å². The first-order valence-corrected chi connectivity index (χ1v) is 29.1. The number of carbonyl (C=O) groups is 6. The van der Waals surface area contributed by atoms with E-state index in [1.165, 1.54) is 11.3 Å². The molecule has 6 aromatic rings. The Labute approximate surface area is 478 Å². The number of allylic oxidation sites excluding steroid dienone is 1. The summed E-state index contributed by atoms with van der Waals surface area (Å²) in [6.07, 6.45) is 8.94. The fraction of sp³-hybridized carbons (Fsp3) is 0.426. The van der Waals surface area contributed by atoms with Gasteiger partial charge in [-0.3, -0.25) is 38.9 Å². The highest BCUT2D eigenvalue weighted by molar-refractivity contribution is 7.22. The predicted molar refractivity (Wildman–Crippen MR) is 307 cm³/mol. The molecule has 3 aromatic carbocycles. The van der Waals surface area contributed by atoms with Gasteiger partial charge in [0, 0.05) is 66.5 Å². The van der Waals surface area contributed by atoms with E-state index >= 15 is 0 Å². The van der Waals surface area contributed by atoms with Crippen LogP contribution in [0.1, 0.15) is 110 Å². The number of piperidine rings is 1. The lowest BCUT2D eigenvalue weighted by molar-refractivity contribution is -0.159. The second kappa shape index (κ2) is 22.8. The summed E-state index contributed by atoms with van der Waals surface area (Å²) < 4.78 is 20.3. The zero-order chi connectivity index (χ0) is 56.7. The number of amides is 5. The van der Waals surface area contributed by atoms with E-state index in [1.807, 2.05) is 71.1 Å². The fourth-order valence-corrected chi connectivity index (χ4v) is 15.0. The molecule has 5 fully saturated rings. The van der Waals surface area contributed by atoms with Crippen LogP contribution in [-0.2, 0) is 43.3 Å². The van der Waals surface area contributed by atoms with Crippen molar-refractivity contribution in [1.29, 1.82) is 0 Å². The van der Waals surface area contributed by atoms with Crippen LogP contribution in [0.3, 0.4) is 0 Å². The fourth-order valence-electron chi connectivity index (χ4n) is 14.1. The molecular formula is C61H66N10O10S. The highest BCUT2D eigenvalue weighted by atomic mass is 32.1. The molecule has 426 valence electrons. The smallest absolute Gasteiger partial charge is 0.355 e. The van der Waals surface area contributed by atoms with E-state index in [0.717, 1.165) is 70.5 Å². The van der Waals surface area contributed by atoms with Crippen molar-refractivity contribution in [2.75, 3.05) is 74.8 Å². The molecule has 5 amide bonds. The zero-order valence-corrected chi connectivity index (χ0v) is 46.6. The number of fused-ring (bicyclic) bond motifs is 3. The Balaban J connectivity index is 0.591. The van der Waals surface area contributed by atoms with Crippen LogP contribution in [0, 0.1) is 29.6 Å². The van der Waals surface area contributed by atoms with E-state index in [9.17, 15) is 33.9 Å². The van der Waals surface area contributed by atoms with Crippen LogP contribution < -0.4 is 26.2 Å². The number of benzene rings is 3. The second-order valence-corrected chi connectivity index (χ2v) is 23.9. The summed E-state index contributed by atoms with van der Waals surface area (Å²) in [7, 11) is 0. The number of thiazole rings is 1. The molecule has 3 aromatic heterocycles. The largest absolute Gasteiger partial charge is 0.476 e. The predicted octanol–water partition coefficient (Wildman–Crippen LogP) is 7.63. The minimum Gasteiger partial charge on any atom is -0.476 e. The Morgan fingerprint density at radius 2 is 1.59 bits per heavy atom. The number of imide groups is 1. The van der Waals surface area contributed by atoms with Crippen LogP contribution in [0.2, 0.25) is 0 Å². The molecule has 4 bridgehead atoms. The average molecular weight is 1130 g/mol. The number of ether oxygens (including phenoxy) is 3. The van der Waals surface area contributed by atoms with E-state index in [-0.39, 0.29) is 34.1 Å². The van der Waals surface area contributed by atoms with Crippen molar-refractivity contribution >= 4 is 73.7 Å². The summed E-state index contributed by atoms with van der Waals surface area (Å²) in [4.78, 5) is 92.5. The average Bonchev–Trinajstić information content (AvgIpc) is 2.21. The van der Waals surface area contributed by atoms with Gasteiger partial charge in [-0.05, 0) is 136 Å². The molecule has 82 heavy (non-hydrogen) atoms. The van der Waals surface area contributed by atoms with Gasteiger partial charge in [0.2, 0.25) is 11.8 Å². The first-order valence-electron chi connectivity index (χ1n) is 28.3. The van der Waals surface area contributed by atoms with Gasteiger partial charge in [0.15, 0.2) is 10.8 Å². The van der Waals surface area contributed by atoms with Crippen molar-refractivity contribution in [3.63, 3.8) is 0 Å². The third-order valence-corrected chi connectivity index (χ3v) is 18.4. The SMILES string of the molecule is C=C1CCC(N2C(=O)c3cccc(NCCOCCOCCOCCNC(=O)C45CC6CC(CC(Cn7ncc(-c8ccc(N9CCc%10cccc(C(=O)Nc%11nc%12ccccc%12s%11)c%10C9)nc8C(=O)O)c7C)(C6)C4)C5)c3C2=O)C(=O)N1. The lowest BCUT2D eigenvalue weighted by atomic mass is 9.44. The summed E-state index contributed by atoms with van der Waals surface area (Å²) in [5, 5.41) is 28.1. The lowest BCUT2D eigenvalue weighted by Gasteiger charge is -2.61. The molecule has 5 N–H and O–H groups in total. The van der Waals surface area contributed by atoms with Crippen molar-refractivity contribution in [3.8, 4) is 11.1 Å². The summed E-state index contributed by atoms with van der Waals surface area (Å²) in [6.45, 7) is 10.3. The monoisotopic (exact) mass is 1130 g/mol. The van der Waals surface area contributed by atoms with Crippen LogP contribution in [-0.4, -0.2) is 131 Å². The van der Waals surface area contributed by atoms with E-state index in [1.54, 1.807) is 24.4 Å². The van der Waals surface area contributed by atoms with Gasteiger partial charge in [-0.15, -0.1) is 0 Å². The van der Waals surface area contributed by atoms with Gasteiger partial charge in [-0.1, -0.05) is 48.2 Å². The summed E-state index contributed by atoms with van der Waals surface area (Å²) in [5.74, 6) is -1.27. The molecule has 0 radical (unpaired) electrons. The molecular weight excluding hydrogens is 1060 g/mol. The second-order valence-electron chi connectivity index (χ2n) is 22.8. The van der Waals surface area contributed by atoms with Gasteiger partial charge in [-0.25, -0.2) is 14.8 Å². The Morgan fingerprint density at radius 1 is 0.829 bits per heavy atom. The normalized spacial score (nSPS) is 22.6. The van der Waals surface area contributed by atoms with Gasteiger partial charge in [0.1, 0.15) is 11.9 Å². The summed E-state index contributed by atoms with van der Waals surface area (Å²) >= 11 is 1.42. The summed E-state index contributed by atoms with van der Waals surface area (Å²) in [6, 6.07) is 21.3. The third kappa shape index (κ3) is 10.8. The molecule has 6 heterocycles. The van der Waals surface area contributed by atoms with Crippen molar-refractivity contribution in [2.24, 2.45) is 22.7 Å². The molecule has 3 unspecified atom stereocenters. The van der Waals surface area contributed by atoms with Crippen LogP contribution >= 0.6 is 11.3 Å². The van der Waals surface area contributed by atoms with Crippen molar-refractivity contribution in [2.45, 2.75) is 83.8 Å². The maximum atomic E-state index is 14.2. The van der Waals surface area contributed by atoms with Gasteiger partial charge in [-0.2, -0.15) is 5.10 Å². The van der Waals surface area contributed by atoms with Crippen molar-refractivity contribution < 1.29 is 48.1 Å². The molecule has 20 nitrogen and oxygen atoms in total. The quantitative estimate of drug-likeness (QED) is 0.0324. The van der Waals surface area contributed by atoms with E-state index in [2.05, 4.69) is 32.8 Å². The first kappa shape index (κ1) is 54.7. The Hall–Kier alpha value is -7.85. The summed E-state index contributed by atoms with van der Waals surface area (Å²) in [5.41, 5.74) is 6.31. The zero-order valence-electron chi connectivity index (χ0n) is 45.8. The number of nitrogens with one attached hydrogen (secondary N) is 4. The third-order valence-electron chi connectivity index (χ3n) is 17.4. The standard InChI is InChI=1S/C61H66N10O10S/c1-36-13-15-48(54(73)65-36)71-55(74)43-9-6-11-47(51(43)56(71)75)62-18-21-79-23-25-81-26-24-80-22-19-63-58(78)61-30-38-27-39(31-61)29-60(28-38,34-61)35-70-37(2)44(32-64-70)41-14-16-50(67-52(41)57(76)77)69-20-17-40-7-5-8-42(45(40)33-69)53(72)68-59-66-46-10-3-4-12-49(46)82-59/h3-12,14,16,32,38-39,48,62H,1,13,15,17-31,33-35H2,2H3,(H,63,78)(H,65,73)(H,76,77)(H,66,68,72). The van der Waals surface area contributed by atoms with E-state index in [4.69, 9.17) is 24.3 Å². The van der Waals surface area contributed by atoms with Gasteiger partial charge in [0.25, 0.3) is 17.7 Å². The van der Waals surface area contributed by atoms with Crippen molar-refractivity contribution in [3.05, 3.63) is 130 Å². The minimum atomic E-state index is -1.14. The first-order chi connectivity index (χ1) is 39.7. The molecule has 3 aliphatic heterocycles. The van der Waals surface area contributed by atoms with E-state index < -0.39 is 35.1 Å². The number of rotatable bonds is 22. The van der Waals surface area contributed by atoms with Crippen molar-refractivity contribution in [1.82, 2.24) is 35.3 Å². The number of para-hydroxylation sites is 1. The van der Waals surface area contributed by atoms with Gasteiger partial charge in [0.05, 0.1) is 72.6 Å². The van der Waals surface area contributed by atoms with Crippen LogP contribution in [0.4, 0.5) is 16.6 Å². The molecule has 7 aliphatic rings. The maximum absolute atomic E-state index is 14.2. The molecule has 3 atom stereocenters. The number of hydrogen-bond donors (Lipinski definition) is 5. The number of anilines is 3. The Morgan fingerprint density at radius 3 is 2.35 bits per heavy atom. The molecule has 4 aliphatic carbocycles. The number of aromatic carboxylic acids is 1. The lowest BCUT2D eigenvalue weighted by Crippen LogP contribution is -2.58.